The molecule has 2 fully saturated rings. The predicted molar refractivity (Wildman–Crippen MR) is 91.1 cm³/mol. The van der Waals surface area contributed by atoms with Gasteiger partial charge in [0.05, 0.1) is 22.3 Å². The summed E-state index contributed by atoms with van der Waals surface area (Å²) in [5.41, 5.74) is 2.71. The number of amides is 3. The summed E-state index contributed by atoms with van der Waals surface area (Å²) in [6.07, 6.45) is 2.58. The molecule has 0 bridgehead atoms. The minimum absolute atomic E-state index is 0.0578. The molecule has 2 atom stereocenters. The van der Waals surface area contributed by atoms with Crippen LogP contribution in [-0.2, 0) is 4.79 Å². The van der Waals surface area contributed by atoms with Crippen molar-refractivity contribution >= 4 is 35.1 Å². The van der Waals surface area contributed by atoms with Crippen LogP contribution in [0.5, 0.6) is 0 Å². The maximum atomic E-state index is 11.7. The number of benzene rings is 1. The molecular weight excluding hydrogens is 349 g/mol. The van der Waals surface area contributed by atoms with Crippen molar-refractivity contribution in [2.24, 2.45) is 0 Å². The van der Waals surface area contributed by atoms with E-state index in [2.05, 4.69) is 10.3 Å². The Morgan fingerprint density at radius 3 is 2.58 bits per heavy atom. The maximum absolute atomic E-state index is 11.7. The minimum atomic E-state index is -0.298. The molecule has 4 rings (SSSR count). The third-order valence-electron chi connectivity index (χ3n) is 4.40. The second-order valence-electron chi connectivity index (χ2n) is 5.94. The largest absolute Gasteiger partial charge is 0.329 e. The average Bonchev–Trinajstić information content (AvgIpc) is 3.29. The van der Waals surface area contributed by atoms with Crippen molar-refractivity contribution in [3.63, 3.8) is 0 Å². The Labute approximate surface area is 148 Å². The number of nitrogens with zero attached hydrogens (tertiary/aromatic N) is 2. The van der Waals surface area contributed by atoms with Gasteiger partial charge in [-0.15, -0.1) is 0 Å². The molecule has 2 aromatic rings. The SMILES string of the molecule is O=C1CNC(=O)N1[C@@H]1C[C@H]1c1ccc(-c2ccc(Cl)c(Cl)c2)nc1. The lowest BCUT2D eigenvalue weighted by Crippen LogP contribution is -2.33. The van der Waals surface area contributed by atoms with E-state index in [0.717, 1.165) is 23.2 Å². The Balaban J connectivity index is 1.52. The molecule has 1 N–H and O–H groups in total. The molecule has 1 aromatic carbocycles. The van der Waals surface area contributed by atoms with Crippen LogP contribution >= 0.6 is 23.2 Å². The number of hydrogen-bond donors (Lipinski definition) is 1. The van der Waals surface area contributed by atoms with Crippen LogP contribution in [0, 0.1) is 0 Å². The van der Waals surface area contributed by atoms with Crippen LogP contribution in [-0.4, -0.2) is 34.4 Å². The van der Waals surface area contributed by atoms with Gasteiger partial charge in [-0.05, 0) is 30.2 Å². The van der Waals surface area contributed by atoms with E-state index < -0.39 is 0 Å². The van der Waals surface area contributed by atoms with Crippen molar-refractivity contribution in [3.8, 4) is 11.3 Å². The molecule has 7 heteroatoms. The van der Waals surface area contributed by atoms with Crippen LogP contribution in [0.3, 0.4) is 0 Å². The van der Waals surface area contributed by atoms with Crippen LogP contribution in [0.1, 0.15) is 17.9 Å². The van der Waals surface area contributed by atoms with Gasteiger partial charge < -0.3 is 5.32 Å². The van der Waals surface area contributed by atoms with Crippen LogP contribution in [0.4, 0.5) is 4.79 Å². The zero-order valence-electron chi connectivity index (χ0n) is 12.5. The summed E-state index contributed by atoms with van der Waals surface area (Å²) in [7, 11) is 0. The van der Waals surface area contributed by atoms with Crippen molar-refractivity contribution in [2.75, 3.05) is 6.54 Å². The molecule has 122 valence electrons. The number of aromatic nitrogens is 1. The first-order valence-corrected chi connectivity index (χ1v) is 8.31. The Bertz CT molecular complexity index is 822. The van der Waals surface area contributed by atoms with Crippen LogP contribution in [0.15, 0.2) is 36.5 Å². The van der Waals surface area contributed by atoms with E-state index in [4.69, 9.17) is 23.2 Å². The van der Waals surface area contributed by atoms with Gasteiger partial charge in [-0.3, -0.25) is 14.7 Å². The molecule has 1 aliphatic carbocycles. The molecule has 3 amide bonds. The number of carbonyl (C=O) groups is 2. The molecule has 24 heavy (non-hydrogen) atoms. The summed E-state index contributed by atoms with van der Waals surface area (Å²) in [5.74, 6) is 0.000964. The number of rotatable bonds is 3. The van der Waals surface area contributed by atoms with Gasteiger partial charge in [0.15, 0.2) is 0 Å². The average molecular weight is 362 g/mol. The molecule has 2 aliphatic rings. The van der Waals surface area contributed by atoms with E-state index in [1.807, 2.05) is 18.2 Å². The van der Waals surface area contributed by atoms with Crippen molar-refractivity contribution in [3.05, 3.63) is 52.1 Å². The Kier molecular flexibility index (Phi) is 3.70. The fourth-order valence-corrected chi connectivity index (χ4v) is 3.34. The lowest BCUT2D eigenvalue weighted by Gasteiger charge is -2.12. The van der Waals surface area contributed by atoms with Gasteiger partial charge in [0.1, 0.15) is 0 Å². The fraction of sp³-hybridized carbons (Fsp3) is 0.235. The lowest BCUT2D eigenvalue weighted by molar-refractivity contribution is -0.125. The summed E-state index contributed by atoms with van der Waals surface area (Å²) < 4.78 is 0. The van der Waals surface area contributed by atoms with Crippen LogP contribution < -0.4 is 5.32 Å². The van der Waals surface area contributed by atoms with E-state index in [9.17, 15) is 9.59 Å². The zero-order chi connectivity index (χ0) is 16.8. The Hall–Kier alpha value is -2.11. The van der Waals surface area contributed by atoms with Crippen molar-refractivity contribution in [1.29, 1.82) is 0 Å². The van der Waals surface area contributed by atoms with Gasteiger partial charge in [-0.1, -0.05) is 35.3 Å². The summed E-state index contributed by atoms with van der Waals surface area (Å²) in [6.45, 7) is 0.0938. The van der Waals surface area contributed by atoms with E-state index >= 15 is 0 Å². The molecule has 0 unspecified atom stereocenters. The molecule has 1 saturated carbocycles. The highest BCUT2D eigenvalue weighted by Crippen LogP contribution is 2.45. The van der Waals surface area contributed by atoms with E-state index in [1.165, 1.54) is 4.90 Å². The highest BCUT2D eigenvalue weighted by molar-refractivity contribution is 6.42. The Morgan fingerprint density at radius 1 is 1.12 bits per heavy atom. The van der Waals surface area contributed by atoms with E-state index in [0.29, 0.717) is 10.0 Å². The number of pyridine rings is 1. The van der Waals surface area contributed by atoms with Gasteiger partial charge in [0, 0.05) is 23.7 Å². The standard InChI is InChI=1S/C17H13Cl2N3O2/c18-12-3-1-9(5-13(12)19)14-4-2-10(7-20-14)11-6-15(11)22-16(23)8-21-17(22)24/h1-5,7,11,15H,6,8H2,(H,21,24)/t11-,15+/m0/s1. The number of hydrogen-bond acceptors (Lipinski definition) is 3. The number of urea groups is 1. The Morgan fingerprint density at radius 2 is 1.96 bits per heavy atom. The lowest BCUT2D eigenvalue weighted by atomic mass is 10.1. The van der Waals surface area contributed by atoms with Gasteiger partial charge in [-0.25, -0.2) is 4.79 Å². The number of carbonyl (C=O) groups excluding carboxylic acids is 2. The molecule has 0 radical (unpaired) electrons. The van der Waals surface area contributed by atoms with E-state index in [1.54, 1.807) is 18.3 Å². The highest BCUT2D eigenvalue weighted by atomic mass is 35.5. The van der Waals surface area contributed by atoms with Gasteiger partial charge >= 0.3 is 6.03 Å². The summed E-state index contributed by atoms with van der Waals surface area (Å²) in [6, 6.07) is 8.92. The fourth-order valence-electron chi connectivity index (χ4n) is 3.05. The number of halogens is 2. The summed E-state index contributed by atoms with van der Waals surface area (Å²) in [4.78, 5) is 29.2. The first-order chi connectivity index (χ1) is 11.5. The first-order valence-electron chi connectivity index (χ1n) is 7.56. The monoisotopic (exact) mass is 361 g/mol. The van der Waals surface area contributed by atoms with Crippen LogP contribution in [0.25, 0.3) is 11.3 Å². The summed E-state index contributed by atoms with van der Waals surface area (Å²) in [5, 5.41) is 3.54. The van der Waals surface area contributed by atoms with Gasteiger partial charge in [-0.2, -0.15) is 0 Å². The molecular formula is C17H13Cl2N3O2. The van der Waals surface area contributed by atoms with Crippen LogP contribution in [0.2, 0.25) is 10.0 Å². The minimum Gasteiger partial charge on any atom is -0.329 e. The van der Waals surface area contributed by atoms with Gasteiger partial charge in [0.25, 0.3) is 0 Å². The topological polar surface area (TPSA) is 62.3 Å². The summed E-state index contributed by atoms with van der Waals surface area (Å²) >= 11 is 12.0. The third kappa shape index (κ3) is 2.64. The second kappa shape index (κ2) is 5.76. The molecule has 5 nitrogen and oxygen atoms in total. The molecule has 1 aromatic heterocycles. The maximum Gasteiger partial charge on any atom is 0.324 e. The number of imide groups is 1. The number of nitrogens with one attached hydrogen (secondary N) is 1. The highest BCUT2D eigenvalue weighted by Gasteiger charge is 2.49. The van der Waals surface area contributed by atoms with Gasteiger partial charge in [0.2, 0.25) is 5.91 Å². The molecule has 2 heterocycles. The molecule has 1 aliphatic heterocycles. The molecule has 1 saturated heterocycles. The second-order valence-corrected chi connectivity index (χ2v) is 6.75. The van der Waals surface area contributed by atoms with E-state index in [-0.39, 0.29) is 30.4 Å². The third-order valence-corrected chi connectivity index (χ3v) is 5.14. The zero-order valence-corrected chi connectivity index (χ0v) is 14.0. The normalized spacial score (nSPS) is 22.7. The van der Waals surface area contributed by atoms with Crippen molar-refractivity contribution in [1.82, 2.24) is 15.2 Å². The van der Waals surface area contributed by atoms with Crippen molar-refractivity contribution in [2.45, 2.75) is 18.4 Å². The van der Waals surface area contributed by atoms with Crippen molar-refractivity contribution < 1.29 is 9.59 Å². The quantitative estimate of drug-likeness (QED) is 0.851. The molecule has 0 spiro atoms. The first kappa shape index (κ1) is 15.4. The predicted octanol–water partition coefficient (Wildman–Crippen LogP) is 3.46. The smallest absolute Gasteiger partial charge is 0.324 e.